The molecule has 0 aliphatic carbocycles. The summed E-state index contributed by atoms with van der Waals surface area (Å²) >= 11 is 0. The molecule has 1 aliphatic rings. The molecule has 1 heterocycles. The van der Waals surface area contributed by atoms with Gasteiger partial charge < -0.3 is 14.5 Å². The number of para-hydroxylation sites is 1. The van der Waals surface area contributed by atoms with Crippen LogP contribution in [0.1, 0.15) is 53.0 Å². The minimum atomic E-state index is -0.0515. The van der Waals surface area contributed by atoms with Crippen molar-refractivity contribution in [1.29, 1.82) is 0 Å². The van der Waals surface area contributed by atoms with Gasteiger partial charge in [-0.15, -0.1) is 0 Å². The molecule has 0 unspecified atom stereocenters. The third-order valence-corrected chi connectivity index (χ3v) is 5.79. The van der Waals surface area contributed by atoms with E-state index in [0.29, 0.717) is 31.8 Å². The number of ether oxygens (including phenoxy) is 1. The molecule has 2 amide bonds. The molecular weight excluding hydrogens is 414 g/mol. The van der Waals surface area contributed by atoms with E-state index >= 15 is 0 Å². The van der Waals surface area contributed by atoms with Crippen molar-refractivity contribution in [2.75, 3.05) is 52.9 Å². The monoisotopic (exact) mass is 457 g/mol. The zero-order valence-corrected chi connectivity index (χ0v) is 21.5. The molecule has 0 N–H and O–H groups in total. The van der Waals surface area contributed by atoms with Crippen LogP contribution in [-0.2, 0) is 9.59 Å². The normalized spacial score (nSPS) is 15.3. The van der Waals surface area contributed by atoms with Gasteiger partial charge in [0.15, 0.2) is 0 Å². The number of hydrogen-bond acceptors (Lipinski definition) is 4. The largest absolute Gasteiger partial charge is 0.496 e. The number of amides is 2. The summed E-state index contributed by atoms with van der Waals surface area (Å²) in [6.07, 6.45) is 5.21. The van der Waals surface area contributed by atoms with Crippen LogP contribution < -0.4 is 4.74 Å². The average Bonchev–Trinajstić information content (AvgIpc) is 2.75. The smallest absolute Gasteiger partial charge is 0.223 e. The van der Waals surface area contributed by atoms with Gasteiger partial charge in [-0.05, 0) is 17.4 Å². The van der Waals surface area contributed by atoms with Crippen molar-refractivity contribution in [3.05, 3.63) is 35.9 Å². The van der Waals surface area contributed by atoms with E-state index in [-0.39, 0.29) is 17.2 Å². The second-order valence-electron chi connectivity index (χ2n) is 10.5. The van der Waals surface area contributed by atoms with E-state index in [9.17, 15) is 9.59 Å². The number of rotatable bonds is 10. The summed E-state index contributed by atoms with van der Waals surface area (Å²) in [7, 11) is 1.67. The fraction of sp³-hybridized carbons (Fsp3) is 0.630. The van der Waals surface area contributed by atoms with Crippen LogP contribution in [-0.4, -0.2) is 79.4 Å². The van der Waals surface area contributed by atoms with Crippen LogP contribution >= 0.6 is 0 Å². The van der Waals surface area contributed by atoms with Gasteiger partial charge in [-0.25, -0.2) is 0 Å². The van der Waals surface area contributed by atoms with Crippen LogP contribution in [0.4, 0.5) is 0 Å². The Bertz CT molecular complexity index is 790. The summed E-state index contributed by atoms with van der Waals surface area (Å²) in [6.45, 7) is 15.8. The summed E-state index contributed by atoms with van der Waals surface area (Å²) in [5, 5.41) is 0. The van der Waals surface area contributed by atoms with Crippen molar-refractivity contribution in [3.63, 3.8) is 0 Å². The quantitative estimate of drug-likeness (QED) is 0.529. The highest BCUT2D eigenvalue weighted by Gasteiger charge is 2.24. The van der Waals surface area contributed by atoms with E-state index in [4.69, 9.17) is 4.74 Å². The van der Waals surface area contributed by atoms with Gasteiger partial charge in [0, 0.05) is 64.2 Å². The molecular formula is C27H43N3O3. The molecule has 1 aromatic rings. The fourth-order valence-electron chi connectivity index (χ4n) is 3.96. The van der Waals surface area contributed by atoms with Crippen molar-refractivity contribution >= 4 is 17.9 Å². The summed E-state index contributed by atoms with van der Waals surface area (Å²) in [4.78, 5) is 31.7. The van der Waals surface area contributed by atoms with Crippen molar-refractivity contribution < 1.29 is 14.3 Å². The van der Waals surface area contributed by atoms with Gasteiger partial charge in [0.05, 0.1) is 7.11 Å². The number of hydrogen-bond donors (Lipinski definition) is 0. The second kappa shape index (κ2) is 12.8. The van der Waals surface area contributed by atoms with Crippen molar-refractivity contribution in [2.24, 2.45) is 11.3 Å². The Balaban J connectivity index is 1.94. The van der Waals surface area contributed by atoms with Crippen molar-refractivity contribution in [1.82, 2.24) is 14.7 Å². The highest BCUT2D eigenvalue weighted by atomic mass is 16.5. The molecule has 0 radical (unpaired) electrons. The molecule has 0 spiro atoms. The first kappa shape index (κ1) is 26.9. The van der Waals surface area contributed by atoms with Crippen LogP contribution in [0.15, 0.2) is 30.3 Å². The first-order chi connectivity index (χ1) is 15.6. The third kappa shape index (κ3) is 9.58. The molecule has 0 bridgehead atoms. The average molecular weight is 458 g/mol. The maximum atomic E-state index is 13.0. The molecule has 0 atom stereocenters. The molecule has 6 heteroatoms. The van der Waals surface area contributed by atoms with Gasteiger partial charge in [0.25, 0.3) is 0 Å². The molecule has 6 nitrogen and oxygen atoms in total. The van der Waals surface area contributed by atoms with Gasteiger partial charge in [-0.1, -0.05) is 65.0 Å². The summed E-state index contributed by atoms with van der Waals surface area (Å²) in [5.74, 6) is 1.65. The number of methoxy groups -OCH3 is 1. The molecule has 33 heavy (non-hydrogen) atoms. The molecule has 1 aliphatic heterocycles. The third-order valence-electron chi connectivity index (χ3n) is 5.79. The maximum absolute atomic E-state index is 13.0. The lowest BCUT2D eigenvalue weighted by atomic mass is 9.91. The van der Waals surface area contributed by atoms with E-state index in [1.807, 2.05) is 46.2 Å². The van der Waals surface area contributed by atoms with E-state index in [0.717, 1.165) is 44.0 Å². The topological polar surface area (TPSA) is 53.1 Å². The number of carbonyl (C=O) groups is 2. The molecule has 184 valence electrons. The molecule has 0 saturated carbocycles. The summed E-state index contributed by atoms with van der Waals surface area (Å²) in [5.41, 5.74) is 0.954. The van der Waals surface area contributed by atoms with Crippen LogP contribution in [0.3, 0.4) is 0 Å². The zero-order chi connectivity index (χ0) is 24.4. The van der Waals surface area contributed by atoms with Crippen molar-refractivity contribution in [3.8, 4) is 5.75 Å². The minimum Gasteiger partial charge on any atom is -0.496 e. The lowest BCUT2D eigenvalue weighted by Gasteiger charge is -2.36. The lowest BCUT2D eigenvalue weighted by Crippen LogP contribution is -2.51. The second-order valence-corrected chi connectivity index (χ2v) is 10.5. The van der Waals surface area contributed by atoms with E-state index in [1.54, 1.807) is 7.11 Å². The van der Waals surface area contributed by atoms with Crippen LogP contribution in [0, 0.1) is 11.3 Å². The lowest BCUT2D eigenvalue weighted by molar-refractivity contribution is -0.133. The van der Waals surface area contributed by atoms with Gasteiger partial charge in [0.2, 0.25) is 11.8 Å². The molecule has 0 aromatic heterocycles. The van der Waals surface area contributed by atoms with Gasteiger partial charge in [-0.3, -0.25) is 14.5 Å². The Labute approximate surface area is 200 Å². The number of carbonyl (C=O) groups excluding carboxylic acids is 2. The van der Waals surface area contributed by atoms with Crippen molar-refractivity contribution in [2.45, 2.75) is 47.5 Å². The predicted octanol–water partition coefficient (Wildman–Crippen LogP) is 4.16. The Morgan fingerprint density at radius 3 is 2.39 bits per heavy atom. The molecule has 1 fully saturated rings. The van der Waals surface area contributed by atoms with E-state index in [2.05, 4.69) is 39.5 Å². The Morgan fingerprint density at radius 2 is 1.79 bits per heavy atom. The minimum absolute atomic E-state index is 0.0515. The Hall–Kier alpha value is -2.34. The number of benzene rings is 1. The van der Waals surface area contributed by atoms with E-state index < -0.39 is 0 Å². The van der Waals surface area contributed by atoms with Gasteiger partial charge in [-0.2, -0.15) is 0 Å². The van der Waals surface area contributed by atoms with Crippen LogP contribution in [0.5, 0.6) is 5.75 Å². The van der Waals surface area contributed by atoms with E-state index in [1.165, 1.54) is 0 Å². The summed E-state index contributed by atoms with van der Waals surface area (Å²) in [6, 6.07) is 7.88. The van der Waals surface area contributed by atoms with Gasteiger partial charge >= 0.3 is 0 Å². The van der Waals surface area contributed by atoms with Crippen LogP contribution in [0.25, 0.3) is 6.08 Å². The fourth-order valence-corrected chi connectivity index (χ4v) is 3.96. The summed E-state index contributed by atoms with van der Waals surface area (Å²) < 4.78 is 5.42. The first-order valence-corrected chi connectivity index (χ1v) is 12.2. The molecule has 2 rings (SSSR count). The predicted molar refractivity (Wildman–Crippen MR) is 135 cm³/mol. The highest BCUT2D eigenvalue weighted by Crippen LogP contribution is 2.21. The SMILES string of the molecule is COc1ccccc1/C=C/CN(CCN1CCN(C(=O)CC(C)C)CC1)C(=O)CC(C)(C)C. The first-order valence-electron chi connectivity index (χ1n) is 12.2. The Kier molecular flexibility index (Phi) is 10.4. The number of nitrogens with zero attached hydrogens (tertiary/aromatic N) is 3. The maximum Gasteiger partial charge on any atom is 0.223 e. The van der Waals surface area contributed by atoms with Crippen LogP contribution in [0.2, 0.25) is 0 Å². The molecule has 1 saturated heterocycles. The number of piperazine rings is 1. The zero-order valence-electron chi connectivity index (χ0n) is 21.5. The Morgan fingerprint density at radius 1 is 1.12 bits per heavy atom. The molecule has 1 aromatic carbocycles. The van der Waals surface area contributed by atoms with Gasteiger partial charge in [0.1, 0.15) is 5.75 Å². The highest BCUT2D eigenvalue weighted by molar-refractivity contribution is 5.77. The standard InChI is InChI=1S/C27H43N3O3/c1-22(2)20-25(31)30-18-15-28(16-19-30)14-17-29(26(32)21-27(3,4)5)13-9-11-23-10-7-8-12-24(23)33-6/h7-12,22H,13-21H2,1-6H3/b11-9+.